The molecule has 5 heteroatoms. The van der Waals surface area contributed by atoms with Crippen molar-refractivity contribution in [1.29, 1.82) is 0 Å². The molecule has 2 heterocycles. The summed E-state index contributed by atoms with van der Waals surface area (Å²) in [7, 11) is 1.71. The second-order valence-corrected chi connectivity index (χ2v) is 7.70. The summed E-state index contributed by atoms with van der Waals surface area (Å²) in [5, 5.41) is 3.65. The minimum absolute atomic E-state index is 0.381. The molecule has 0 fully saturated rings. The van der Waals surface area contributed by atoms with Gasteiger partial charge in [-0.1, -0.05) is 24.3 Å². The van der Waals surface area contributed by atoms with E-state index in [1.165, 1.54) is 11.1 Å². The average molecular weight is 383 g/mol. The fourth-order valence-corrected chi connectivity index (χ4v) is 4.01. The first-order valence-electron chi connectivity index (χ1n) is 10.2. The predicted molar refractivity (Wildman–Crippen MR) is 110 cm³/mol. The zero-order valence-electron chi connectivity index (χ0n) is 16.9. The van der Waals surface area contributed by atoms with E-state index in [2.05, 4.69) is 47.5 Å². The molecule has 28 heavy (non-hydrogen) atoms. The van der Waals surface area contributed by atoms with Crippen molar-refractivity contribution >= 4 is 0 Å². The highest BCUT2D eigenvalue weighted by Crippen LogP contribution is 2.36. The molecule has 0 bridgehead atoms. The number of nitrogens with zero attached hydrogens (tertiary/aromatic N) is 1. The highest BCUT2D eigenvalue weighted by Gasteiger charge is 2.19. The van der Waals surface area contributed by atoms with Crippen LogP contribution in [0.2, 0.25) is 0 Å². The van der Waals surface area contributed by atoms with Crippen molar-refractivity contribution in [3.8, 4) is 17.2 Å². The highest BCUT2D eigenvalue weighted by molar-refractivity contribution is 5.51. The average Bonchev–Trinajstić information content (AvgIpc) is 2.96. The summed E-state index contributed by atoms with van der Waals surface area (Å²) in [5.74, 6) is 2.43. The van der Waals surface area contributed by atoms with Gasteiger partial charge in [0.25, 0.3) is 0 Å². The maximum Gasteiger partial charge on any atom is 0.164 e. The quantitative estimate of drug-likeness (QED) is 0.830. The van der Waals surface area contributed by atoms with Gasteiger partial charge in [-0.3, -0.25) is 4.90 Å². The van der Waals surface area contributed by atoms with Crippen LogP contribution in [0.25, 0.3) is 0 Å². The summed E-state index contributed by atoms with van der Waals surface area (Å²) in [6.07, 6.45) is 2.04. The molecular weight excluding hydrogens is 352 g/mol. The first-order chi connectivity index (χ1) is 13.7. The molecule has 2 aliphatic rings. The van der Waals surface area contributed by atoms with Crippen LogP contribution >= 0.6 is 0 Å². The zero-order chi connectivity index (χ0) is 19.3. The zero-order valence-corrected chi connectivity index (χ0v) is 16.9. The van der Waals surface area contributed by atoms with Crippen LogP contribution in [-0.4, -0.2) is 44.4 Å². The van der Waals surface area contributed by atoms with E-state index in [0.717, 1.165) is 61.8 Å². The van der Waals surface area contributed by atoms with Gasteiger partial charge in [0, 0.05) is 50.3 Å². The lowest BCUT2D eigenvalue weighted by Crippen LogP contribution is -2.41. The Bertz CT molecular complexity index is 808. The fourth-order valence-electron chi connectivity index (χ4n) is 4.01. The van der Waals surface area contributed by atoms with Crippen LogP contribution in [0.5, 0.6) is 17.2 Å². The van der Waals surface area contributed by atoms with Gasteiger partial charge in [-0.2, -0.15) is 0 Å². The number of nitrogens with one attached hydrogen (secondary N) is 1. The number of hydrogen-bond donors (Lipinski definition) is 1. The molecule has 1 N–H and O–H groups in total. The van der Waals surface area contributed by atoms with Gasteiger partial charge in [-0.25, -0.2) is 0 Å². The molecule has 2 aromatic rings. The van der Waals surface area contributed by atoms with E-state index in [1.807, 2.05) is 6.07 Å². The first kappa shape index (κ1) is 19.1. The summed E-state index contributed by atoms with van der Waals surface area (Å²) in [6, 6.07) is 13.2. The molecule has 0 aliphatic carbocycles. The summed E-state index contributed by atoms with van der Waals surface area (Å²) < 4.78 is 17.2. The van der Waals surface area contributed by atoms with Gasteiger partial charge in [0.1, 0.15) is 5.75 Å². The monoisotopic (exact) mass is 382 g/mol. The topological polar surface area (TPSA) is 43.0 Å². The second-order valence-electron chi connectivity index (χ2n) is 7.70. The Morgan fingerprint density at radius 1 is 1.11 bits per heavy atom. The lowest BCUT2D eigenvalue weighted by Gasteiger charge is -2.31. The predicted octanol–water partition coefficient (Wildman–Crippen LogP) is 3.39. The molecule has 4 rings (SSSR count). The SMILES string of the molecule is COc1cc2c(cc1CNC(C)CN1CCc3ccccc3C1)OCCCO2. The van der Waals surface area contributed by atoms with Crippen LogP contribution in [0.15, 0.2) is 36.4 Å². The van der Waals surface area contributed by atoms with Gasteiger partial charge < -0.3 is 19.5 Å². The lowest BCUT2D eigenvalue weighted by molar-refractivity contribution is 0.229. The van der Waals surface area contributed by atoms with E-state index in [9.17, 15) is 0 Å². The van der Waals surface area contributed by atoms with Crippen molar-refractivity contribution < 1.29 is 14.2 Å². The molecule has 0 spiro atoms. The van der Waals surface area contributed by atoms with E-state index < -0.39 is 0 Å². The third kappa shape index (κ3) is 4.42. The van der Waals surface area contributed by atoms with Gasteiger partial charge in [0.05, 0.1) is 20.3 Å². The molecule has 0 amide bonds. The van der Waals surface area contributed by atoms with E-state index in [-0.39, 0.29) is 0 Å². The van der Waals surface area contributed by atoms with E-state index in [1.54, 1.807) is 7.11 Å². The Balaban J connectivity index is 1.36. The minimum atomic E-state index is 0.381. The molecule has 0 saturated heterocycles. The van der Waals surface area contributed by atoms with Crippen LogP contribution in [0.4, 0.5) is 0 Å². The summed E-state index contributed by atoms with van der Waals surface area (Å²) in [6.45, 7) is 7.55. The summed E-state index contributed by atoms with van der Waals surface area (Å²) >= 11 is 0. The number of ether oxygens (including phenoxy) is 3. The number of benzene rings is 2. The molecular formula is C23H30N2O3. The highest BCUT2D eigenvalue weighted by atomic mass is 16.5. The molecule has 0 aromatic heterocycles. The van der Waals surface area contributed by atoms with Gasteiger partial charge >= 0.3 is 0 Å². The Hall–Kier alpha value is -2.24. The van der Waals surface area contributed by atoms with Gasteiger partial charge in [-0.15, -0.1) is 0 Å². The fraction of sp³-hybridized carbons (Fsp3) is 0.478. The maximum atomic E-state index is 5.83. The van der Waals surface area contributed by atoms with Crippen LogP contribution in [0.3, 0.4) is 0 Å². The first-order valence-corrected chi connectivity index (χ1v) is 10.2. The third-order valence-electron chi connectivity index (χ3n) is 5.53. The van der Waals surface area contributed by atoms with Crippen LogP contribution in [-0.2, 0) is 19.5 Å². The van der Waals surface area contributed by atoms with Crippen molar-refractivity contribution in [1.82, 2.24) is 10.2 Å². The Labute approximate surface area is 167 Å². The number of fused-ring (bicyclic) bond motifs is 2. The van der Waals surface area contributed by atoms with E-state index in [0.29, 0.717) is 19.3 Å². The molecule has 150 valence electrons. The maximum absolute atomic E-state index is 5.83. The normalized spacial score (nSPS) is 17.5. The van der Waals surface area contributed by atoms with E-state index in [4.69, 9.17) is 14.2 Å². The minimum Gasteiger partial charge on any atom is -0.496 e. The Morgan fingerprint density at radius 2 is 1.86 bits per heavy atom. The van der Waals surface area contributed by atoms with E-state index >= 15 is 0 Å². The summed E-state index contributed by atoms with van der Waals surface area (Å²) in [5.41, 5.74) is 4.06. The van der Waals surface area contributed by atoms with Gasteiger partial charge in [-0.05, 0) is 30.5 Å². The molecule has 2 aromatic carbocycles. The van der Waals surface area contributed by atoms with Crippen molar-refractivity contribution in [3.05, 3.63) is 53.1 Å². The molecule has 2 aliphatic heterocycles. The molecule has 5 nitrogen and oxygen atoms in total. The Kier molecular flexibility index (Phi) is 6.03. The molecule has 0 radical (unpaired) electrons. The van der Waals surface area contributed by atoms with Crippen LogP contribution in [0.1, 0.15) is 30.0 Å². The largest absolute Gasteiger partial charge is 0.496 e. The van der Waals surface area contributed by atoms with Gasteiger partial charge in [0.15, 0.2) is 11.5 Å². The van der Waals surface area contributed by atoms with Crippen molar-refractivity contribution in [2.75, 3.05) is 33.4 Å². The lowest BCUT2D eigenvalue weighted by atomic mass is 9.99. The van der Waals surface area contributed by atoms with Crippen molar-refractivity contribution in [2.24, 2.45) is 0 Å². The summed E-state index contributed by atoms with van der Waals surface area (Å²) in [4.78, 5) is 2.53. The Morgan fingerprint density at radius 3 is 2.64 bits per heavy atom. The van der Waals surface area contributed by atoms with Gasteiger partial charge in [0.2, 0.25) is 0 Å². The van der Waals surface area contributed by atoms with Crippen molar-refractivity contribution in [3.63, 3.8) is 0 Å². The van der Waals surface area contributed by atoms with Crippen LogP contribution < -0.4 is 19.5 Å². The van der Waals surface area contributed by atoms with Crippen molar-refractivity contribution in [2.45, 2.75) is 38.9 Å². The number of hydrogen-bond acceptors (Lipinski definition) is 5. The smallest absolute Gasteiger partial charge is 0.164 e. The van der Waals surface area contributed by atoms with Crippen LogP contribution in [0, 0.1) is 0 Å². The second kappa shape index (κ2) is 8.84. The number of rotatable bonds is 6. The molecule has 0 saturated carbocycles. The number of methoxy groups -OCH3 is 1. The third-order valence-corrected chi connectivity index (χ3v) is 5.53. The molecule has 1 unspecified atom stereocenters. The molecule has 1 atom stereocenters. The standard InChI is InChI=1S/C23H30N2O3/c1-17(15-25-9-8-18-6-3-4-7-19(18)16-25)24-14-20-12-22-23(13-21(20)26-2)28-11-5-10-27-22/h3-4,6-7,12-13,17,24H,5,8-11,14-16H2,1-2H3.